The highest BCUT2D eigenvalue weighted by Gasteiger charge is 2.55. The molecule has 1 aliphatic rings. The summed E-state index contributed by atoms with van der Waals surface area (Å²) in [4.78, 5) is 26.0. The normalized spacial score (nSPS) is 18.0. The van der Waals surface area contributed by atoms with Crippen LogP contribution < -0.4 is 5.32 Å². The number of carbonyl (C=O) groups is 1. The number of nitro groups is 1. The summed E-state index contributed by atoms with van der Waals surface area (Å²) >= 11 is 7.46. The molecule has 0 aromatic heterocycles. The van der Waals surface area contributed by atoms with E-state index in [9.17, 15) is 14.9 Å². The maximum absolute atomic E-state index is 13.7. The number of para-hydroxylation sites is 1. The van der Waals surface area contributed by atoms with Crippen LogP contribution in [0.3, 0.4) is 0 Å². The molecule has 0 unspecified atom stereocenters. The van der Waals surface area contributed by atoms with Crippen molar-refractivity contribution in [2.75, 3.05) is 11.9 Å². The Morgan fingerprint density at radius 3 is 2.39 bits per heavy atom. The third-order valence-corrected chi connectivity index (χ3v) is 7.76. The average molecular weight is 475 g/mol. The molecule has 0 spiro atoms. The molecule has 5 rings (SSSR count). The molecule has 0 radical (unpaired) electrons. The van der Waals surface area contributed by atoms with Crippen molar-refractivity contribution in [3.8, 4) is 0 Å². The van der Waals surface area contributed by atoms with Crippen LogP contribution in [0.2, 0.25) is 5.02 Å². The van der Waals surface area contributed by atoms with E-state index in [0.717, 1.165) is 21.2 Å². The number of rotatable bonds is 6. The number of amides is 1. The second-order valence-corrected chi connectivity index (χ2v) is 9.72. The number of fused-ring (bicyclic) bond motifs is 2. The summed E-state index contributed by atoms with van der Waals surface area (Å²) in [6.07, 6.45) is 0. The lowest BCUT2D eigenvalue weighted by Crippen LogP contribution is -2.40. The maximum Gasteiger partial charge on any atom is 0.246 e. The van der Waals surface area contributed by atoms with Crippen LogP contribution in [-0.2, 0) is 9.54 Å². The van der Waals surface area contributed by atoms with Crippen LogP contribution in [0, 0.1) is 10.1 Å². The van der Waals surface area contributed by atoms with E-state index in [1.807, 2.05) is 66.7 Å². The highest BCUT2D eigenvalue weighted by Crippen LogP contribution is 2.57. The molecule has 1 amide bonds. The first-order chi connectivity index (χ1) is 16.0. The Bertz CT molecular complexity index is 1380. The van der Waals surface area contributed by atoms with Crippen LogP contribution in [0.15, 0.2) is 95.9 Å². The zero-order valence-electron chi connectivity index (χ0n) is 17.4. The zero-order valence-corrected chi connectivity index (χ0v) is 19.0. The average Bonchev–Trinajstić information content (AvgIpc) is 3.10. The Hall–Kier alpha value is -3.35. The Kier molecular flexibility index (Phi) is 5.56. The number of anilines is 1. The van der Waals surface area contributed by atoms with Crippen LogP contribution in [0.5, 0.6) is 0 Å². The summed E-state index contributed by atoms with van der Waals surface area (Å²) in [5.74, 6) is -0.978. The van der Waals surface area contributed by atoms with Gasteiger partial charge in [0, 0.05) is 26.1 Å². The van der Waals surface area contributed by atoms with Gasteiger partial charge in [0.15, 0.2) is 0 Å². The van der Waals surface area contributed by atoms with Gasteiger partial charge >= 0.3 is 0 Å². The van der Waals surface area contributed by atoms with Crippen molar-refractivity contribution in [2.45, 2.75) is 15.6 Å². The Morgan fingerprint density at radius 2 is 1.64 bits per heavy atom. The zero-order chi connectivity index (χ0) is 23.0. The van der Waals surface area contributed by atoms with Crippen molar-refractivity contribution >= 4 is 45.7 Å². The number of hydrogen-bond donors (Lipinski definition) is 1. The lowest BCUT2D eigenvalue weighted by Gasteiger charge is -2.33. The molecule has 0 bridgehead atoms. The minimum atomic E-state index is -1.22. The fourth-order valence-corrected chi connectivity index (χ4v) is 6.11. The molecule has 0 aliphatic carbocycles. The van der Waals surface area contributed by atoms with Crippen molar-refractivity contribution < 1.29 is 9.72 Å². The first-order valence-electron chi connectivity index (χ1n) is 10.4. The summed E-state index contributed by atoms with van der Waals surface area (Å²) in [6.45, 7) is -0.399. The van der Waals surface area contributed by atoms with Gasteiger partial charge in [0.25, 0.3) is 0 Å². The lowest BCUT2D eigenvalue weighted by molar-refractivity contribution is -0.484. The first kappa shape index (κ1) is 21.5. The molecule has 4 aromatic rings. The lowest BCUT2D eigenvalue weighted by atomic mass is 9.81. The monoisotopic (exact) mass is 474 g/mol. The third kappa shape index (κ3) is 3.86. The van der Waals surface area contributed by atoms with E-state index in [0.29, 0.717) is 16.3 Å². The van der Waals surface area contributed by atoms with E-state index in [4.69, 9.17) is 11.6 Å². The molecule has 1 aliphatic heterocycles. The molecular formula is C26H19ClN2O3S. The van der Waals surface area contributed by atoms with Crippen molar-refractivity contribution in [1.29, 1.82) is 0 Å². The smallest absolute Gasteiger partial charge is 0.246 e. The molecule has 1 N–H and O–H groups in total. The molecular weight excluding hydrogens is 456 g/mol. The van der Waals surface area contributed by atoms with E-state index in [1.54, 1.807) is 24.3 Å². The van der Waals surface area contributed by atoms with Crippen LogP contribution >= 0.6 is 23.4 Å². The SMILES string of the molecule is O=C1Nc2ccccc2[C@]1(Sc1ccc2ccccc2c1)[C@H](C[N+](=O)[O-])c1ccc(Cl)cc1. The Balaban J connectivity index is 1.72. The summed E-state index contributed by atoms with van der Waals surface area (Å²) in [5, 5.41) is 17.5. The van der Waals surface area contributed by atoms with Crippen LogP contribution in [-0.4, -0.2) is 17.4 Å². The van der Waals surface area contributed by atoms with Gasteiger partial charge in [-0.05, 0) is 46.7 Å². The van der Waals surface area contributed by atoms with Gasteiger partial charge in [0.2, 0.25) is 12.5 Å². The molecule has 0 fully saturated rings. The third-order valence-electron chi connectivity index (χ3n) is 6.01. The van der Waals surface area contributed by atoms with E-state index in [-0.39, 0.29) is 10.8 Å². The summed E-state index contributed by atoms with van der Waals surface area (Å²) < 4.78 is -1.22. The largest absolute Gasteiger partial charge is 0.324 e. The quantitative estimate of drug-likeness (QED) is 0.256. The van der Waals surface area contributed by atoms with Gasteiger partial charge < -0.3 is 5.32 Å². The van der Waals surface area contributed by atoms with Crippen molar-refractivity contribution in [2.24, 2.45) is 0 Å². The highest BCUT2D eigenvalue weighted by molar-refractivity contribution is 8.01. The van der Waals surface area contributed by atoms with Crippen molar-refractivity contribution in [3.63, 3.8) is 0 Å². The van der Waals surface area contributed by atoms with E-state index < -0.39 is 17.2 Å². The Labute approximate surface area is 199 Å². The van der Waals surface area contributed by atoms with Gasteiger partial charge in [-0.3, -0.25) is 14.9 Å². The number of benzene rings is 4. The van der Waals surface area contributed by atoms with Crippen LogP contribution in [0.25, 0.3) is 10.8 Å². The Morgan fingerprint density at radius 1 is 0.939 bits per heavy atom. The summed E-state index contributed by atoms with van der Waals surface area (Å²) in [6, 6.07) is 28.4. The number of thioether (sulfide) groups is 1. The number of carbonyl (C=O) groups excluding carboxylic acids is 1. The molecule has 33 heavy (non-hydrogen) atoms. The van der Waals surface area contributed by atoms with Gasteiger partial charge in [-0.2, -0.15) is 0 Å². The summed E-state index contributed by atoms with van der Waals surface area (Å²) in [7, 11) is 0. The molecule has 0 saturated heterocycles. The number of nitrogens with one attached hydrogen (secondary N) is 1. The van der Waals surface area contributed by atoms with Crippen LogP contribution in [0.1, 0.15) is 17.0 Å². The highest BCUT2D eigenvalue weighted by atomic mass is 35.5. The molecule has 2 atom stereocenters. The predicted octanol–water partition coefficient (Wildman–Crippen LogP) is 6.49. The van der Waals surface area contributed by atoms with Gasteiger partial charge in [-0.1, -0.05) is 72.3 Å². The van der Waals surface area contributed by atoms with E-state index in [2.05, 4.69) is 5.32 Å². The van der Waals surface area contributed by atoms with E-state index in [1.165, 1.54) is 11.8 Å². The standard InChI is InChI=1S/C26H19ClN2O3S/c27-20-12-9-18(10-13-20)23(16-29(31)32)26(22-7-3-4-8-24(22)28-25(26)30)33-21-14-11-17-5-1-2-6-19(17)15-21/h1-15,23H,16H2,(H,28,30)/t23-,26+/m1/s1. The minimum absolute atomic E-state index is 0.261. The molecule has 4 aromatic carbocycles. The molecule has 5 nitrogen and oxygen atoms in total. The van der Waals surface area contributed by atoms with Crippen molar-refractivity contribution in [3.05, 3.63) is 117 Å². The number of nitrogens with zero attached hydrogens (tertiary/aromatic N) is 1. The fraction of sp³-hybridized carbons (Fsp3) is 0.115. The molecule has 164 valence electrons. The topological polar surface area (TPSA) is 72.2 Å². The fourth-order valence-electron chi connectivity index (χ4n) is 4.50. The molecule has 1 heterocycles. The number of hydrogen-bond acceptors (Lipinski definition) is 4. The van der Waals surface area contributed by atoms with Crippen LogP contribution in [0.4, 0.5) is 5.69 Å². The van der Waals surface area contributed by atoms with Gasteiger partial charge in [0.1, 0.15) is 4.75 Å². The number of halogens is 1. The minimum Gasteiger partial charge on any atom is -0.324 e. The maximum atomic E-state index is 13.7. The van der Waals surface area contributed by atoms with Gasteiger partial charge in [0.05, 0.1) is 5.92 Å². The molecule has 0 saturated carbocycles. The second kappa shape index (κ2) is 8.54. The molecule has 7 heteroatoms. The predicted molar refractivity (Wildman–Crippen MR) is 133 cm³/mol. The van der Waals surface area contributed by atoms with E-state index >= 15 is 0 Å². The van der Waals surface area contributed by atoms with Gasteiger partial charge in [-0.25, -0.2) is 0 Å². The van der Waals surface area contributed by atoms with Gasteiger partial charge in [-0.15, -0.1) is 11.8 Å². The van der Waals surface area contributed by atoms with Crippen molar-refractivity contribution in [1.82, 2.24) is 0 Å². The summed E-state index contributed by atoms with van der Waals surface area (Å²) in [5.41, 5.74) is 2.12. The second-order valence-electron chi connectivity index (χ2n) is 7.97. The first-order valence-corrected chi connectivity index (χ1v) is 11.6.